The summed E-state index contributed by atoms with van der Waals surface area (Å²) in [6.45, 7) is 5.94. The van der Waals surface area contributed by atoms with Gasteiger partial charge in [0.15, 0.2) is 0 Å². The van der Waals surface area contributed by atoms with Gasteiger partial charge in [0.1, 0.15) is 5.75 Å². The predicted octanol–water partition coefficient (Wildman–Crippen LogP) is 3.02. The Morgan fingerprint density at radius 2 is 2.06 bits per heavy atom. The molecule has 0 unspecified atom stereocenters. The highest BCUT2D eigenvalue weighted by atomic mass is 79.9. The number of hydrogen-bond donors (Lipinski definition) is 1. The van der Waals surface area contributed by atoms with E-state index in [2.05, 4.69) is 47.8 Å². The smallest absolute Gasteiger partial charge is 0.123 e. The summed E-state index contributed by atoms with van der Waals surface area (Å²) in [5.41, 5.74) is 7.07. The molecule has 2 N–H and O–H groups in total. The van der Waals surface area contributed by atoms with E-state index in [0.29, 0.717) is 0 Å². The molecule has 102 valence electrons. The lowest BCUT2D eigenvalue weighted by molar-refractivity contribution is 0.284. The first-order chi connectivity index (χ1) is 8.31. The number of rotatable bonds is 6. The Bertz CT molecular complexity index is 388. The molecule has 0 saturated heterocycles. The third-order valence-corrected chi connectivity index (χ3v) is 3.31. The van der Waals surface area contributed by atoms with Gasteiger partial charge in [-0.15, -0.1) is 0 Å². The van der Waals surface area contributed by atoms with Crippen LogP contribution in [-0.2, 0) is 6.54 Å². The van der Waals surface area contributed by atoms with Crippen LogP contribution in [0.1, 0.15) is 25.8 Å². The first kappa shape index (κ1) is 15.5. The Labute approximate surface area is 118 Å². The zero-order chi connectivity index (χ0) is 13.8. The molecule has 0 fully saturated rings. The van der Waals surface area contributed by atoms with E-state index in [0.717, 1.165) is 29.7 Å². The molecule has 1 aromatic carbocycles. The number of hydrogen-bond acceptors (Lipinski definition) is 3. The second kappa shape index (κ2) is 6.55. The molecule has 0 saturated carbocycles. The van der Waals surface area contributed by atoms with Gasteiger partial charge in [-0.05, 0) is 52.1 Å². The lowest BCUT2D eigenvalue weighted by Gasteiger charge is -2.24. The number of nitrogens with zero attached hydrogens (tertiary/aromatic N) is 1. The van der Waals surface area contributed by atoms with Crippen molar-refractivity contribution < 1.29 is 4.74 Å². The van der Waals surface area contributed by atoms with E-state index in [4.69, 9.17) is 10.5 Å². The van der Waals surface area contributed by atoms with Crippen LogP contribution in [-0.4, -0.2) is 31.1 Å². The van der Waals surface area contributed by atoms with Gasteiger partial charge in [0, 0.05) is 22.1 Å². The molecule has 0 bridgehead atoms. The third-order valence-electron chi connectivity index (χ3n) is 2.82. The minimum atomic E-state index is -0.115. The topological polar surface area (TPSA) is 38.5 Å². The zero-order valence-corrected chi connectivity index (χ0v) is 13.3. The van der Waals surface area contributed by atoms with E-state index < -0.39 is 0 Å². The van der Waals surface area contributed by atoms with Gasteiger partial charge in [0.25, 0.3) is 0 Å². The average molecular weight is 315 g/mol. The van der Waals surface area contributed by atoms with E-state index >= 15 is 0 Å². The zero-order valence-electron chi connectivity index (χ0n) is 11.7. The van der Waals surface area contributed by atoms with Crippen molar-refractivity contribution in [2.75, 3.05) is 20.7 Å². The van der Waals surface area contributed by atoms with Crippen molar-refractivity contribution in [3.63, 3.8) is 0 Å². The molecular formula is C14H23BrN2O. The highest BCUT2D eigenvalue weighted by Crippen LogP contribution is 2.24. The van der Waals surface area contributed by atoms with Crippen LogP contribution in [0.3, 0.4) is 0 Å². The van der Waals surface area contributed by atoms with Crippen LogP contribution in [0.4, 0.5) is 0 Å². The van der Waals surface area contributed by atoms with Crippen molar-refractivity contribution in [1.29, 1.82) is 0 Å². The standard InChI is InChI=1S/C14H23BrN2O/c1-14(2,16)7-8-17(3)10-11-9-12(15)5-6-13(11)18-4/h5-6,9H,7-8,10,16H2,1-4H3. The Hall–Kier alpha value is -0.580. The molecule has 0 radical (unpaired) electrons. The Balaban J connectivity index is 2.63. The molecule has 0 aliphatic rings. The molecule has 18 heavy (non-hydrogen) atoms. The van der Waals surface area contributed by atoms with Gasteiger partial charge < -0.3 is 15.4 Å². The fourth-order valence-corrected chi connectivity index (χ4v) is 2.13. The molecule has 0 heterocycles. The van der Waals surface area contributed by atoms with E-state index in [-0.39, 0.29) is 5.54 Å². The van der Waals surface area contributed by atoms with Crippen LogP contribution in [0.15, 0.2) is 22.7 Å². The van der Waals surface area contributed by atoms with E-state index in [1.807, 2.05) is 12.1 Å². The summed E-state index contributed by atoms with van der Waals surface area (Å²) in [6, 6.07) is 6.08. The highest BCUT2D eigenvalue weighted by Gasteiger charge is 2.13. The first-order valence-electron chi connectivity index (χ1n) is 6.11. The summed E-state index contributed by atoms with van der Waals surface area (Å²) in [7, 11) is 3.81. The minimum absolute atomic E-state index is 0.115. The van der Waals surface area contributed by atoms with Gasteiger partial charge in [0.05, 0.1) is 7.11 Å². The summed E-state index contributed by atoms with van der Waals surface area (Å²) in [5, 5.41) is 0. The molecule has 1 aromatic rings. The second-order valence-electron chi connectivity index (χ2n) is 5.43. The van der Waals surface area contributed by atoms with Crippen molar-refractivity contribution in [2.24, 2.45) is 5.73 Å². The van der Waals surface area contributed by atoms with Gasteiger partial charge in [-0.1, -0.05) is 15.9 Å². The fraction of sp³-hybridized carbons (Fsp3) is 0.571. The fourth-order valence-electron chi connectivity index (χ4n) is 1.72. The number of benzene rings is 1. The third kappa shape index (κ3) is 5.38. The first-order valence-corrected chi connectivity index (χ1v) is 6.91. The van der Waals surface area contributed by atoms with Crippen molar-refractivity contribution in [1.82, 2.24) is 4.90 Å². The number of nitrogens with two attached hydrogens (primary N) is 1. The van der Waals surface area contributed by atoms with E-state index in [1.165, 1.54) is 5.56 Å². The molecule has 3 nitrogen and oxygen atoms in total. The average Bonchev–Trinajstić information content (AvgIpc) is 2.26. The van der Waals surface area contributed by atoms with Crippen LogP contribution < -0.4 is 10.5 Å². The summed E-state index contributed by atoms with van der Waals surface area (Å²) in [5.74, 6) is 0.928. The van der Waals surface area contributed by atoms with Crippen LogP contribution in [0.25, 0.3) is 0 Å². The maximum atomic E-state index is 6.00. The molecule has 1 rings (SSSR count). The van der Waals surface area contributed by atoms with Crippen molar-refractivity contribution in [3.8, 4) is 5.75 Å². The van der Waals surface area contributed by atoms with Gasteiger partial charge in [-0.25, -0.2) is 0 Å². The van der Waals surface area contributed by atoms with Crippen LogP contribution in [0.5, 0.6) is 5.75 Å². The maximum absolute atomic E-state index is 6.00. The largest absolute Gasteiger partial charge is 0.496 e. The molecule has 0 amide bonds. The molecule has 0 atom stereocenters. The van der Waals surface area contributed by atoms with Crippen LogP contribution >= 0.6 is 15.9 Å². The van der Waals surface area contributed by atoms with Gasteiger partial charge in [-0.2, -0.15) is 0 Å². The molecule has 0 aromatic heterocycles. The van der Waals surface area contributed by atoms with Gasteiger partial charge >= 0.3 is 0 Å². The SMILES string of the molecule is COc1ccc(Br)cc1CN(C)CCC(C)(C)N. The summed E-state index contributed by atoms with van der Waals surface area (Å²) in [4.78, 5) is 2.26. The molecular weight excluding hydrogens is 292 g/mol. The van der Waals surface area contributed by atoms with Crippen molar-refractivity contribution >= 4 is 15.9 Å². The normalized spacial score (nSPS) is 11.9. The van der Waals surface area contributed by atoms with Crippen LogP contribution in [0, 0.1) is 0 Å². The van der Waals surface area contributed by atoms with E-state index in [1.54, 1.807) is 7.11 Å². The minimum Gasteiger partial charge on any atom is -0.496 e. The Morgan fingerprint density at radius 3 is 2.61 bits per heavy atom. The van der Waals surface area contributed by atoms with Crippen molar-refractivity contribution in [3.05, 3.63) is 28.2 Å². The van der Waals surface area contributed by atoms with Crippen molar-refractivity contribution in [2.45, 2.75) is 32.4 Å². The Morgan fingerprint density at radius 1 is 1.39 bits per heavy atom. The Kier molecular flexibility index (Phi) is 5.63. The monoisotopic (exact) mass is 314 g/mol. The molecule has 0 spiro atoms. The lowest BCUT2D eigenvalue weighted by Crippen LogP contribution is -2.36. The molecule has 0 aliphatic heterocycles. The predicted molar refractivity (Wildman–Crippen MR) is 79.9 cm³/mol. The quantitative estimate of drug-likeness (QED) is 0.877. The second-order valence-corrected chi connectivity index (χ2v) is 6.35. The summed E-state index contributed by atoms with van der Waals surface area (Å²) < 4.78 is 6.45. The number of halogens is 1. The lowest BCUT2D eigenvalue weighted by atomic mass is 10.0. The molecule has 4 heteroatoms. The van der Waals surface area contributed by atoms with E-state index in [9.17, 15) is 0 Å². The summed E-state index contributed by atoms with van der Waals surface area (Å²) in [6.07, 6.45) is 0.972. The summed E-state index contributed by atoms with van der Waals surface area (Å²) >= 11 is 3.49. The highest BCUT2D eigenvalue weighted by molar-refractivity contribution is 9.10. The number of ether oxygens (including phenoxy) is 1. The number of methoxy groups -OCH3 is 1. The maximum Gasteiger partial charge on any atom is 0.123 e. The van der Waals surface area contributed by atoms with Gasteiger partial charge in [-0.3, -0.25) is 0 Å². The van der Waals surface area contributed by atoms with Crippen LogP contribution in [0.2, 0.25) is 0 Å². The van der Waals surface area contributed by atoms with Gasteiger partial charge in [0.2, 0.25) is 0 Å². The molecule has 0 aliphatic carbocycles.